The predicted octanol–water partition coefficient (Wildman–Crippen LogP) is 4.67. The minimum atomic E-state index is 0.641. The number of benzene rings is 1. The molecule has 1 aromatic carbocycles. The van der Waals surface area contributed by atoms with Gasteiger partial charge in [-0.15, -0.1) is 0 Å². The van der Waals surface area contributed by atoms with E-state index in [1.165, 1.54) is 0 Å². The molecule has 4 nitrogen and oxygen atoms in total. The number of aromatic nitrogens is 2. The van der Waals surface area contributed by atoms with Crippen molar-refractivity contribution < 1.29 is 4.79 Å². The fraction of sp³-hybridized carbons (Fsp3) is 0.176. The largest absolute Gasteiger partial charge is 0.326 e. The van der Waals surface area contributed by atoms with Crippen LogP contribution in [0.4, 0.5) is 11.6 Å². The number of nitrogens with one attached hydrogen (secondary N) is 2. The number of imidazole rings is 1. The molecule has 2 rings (SSSR count). The highest BCUT2D eigenvalue weighted by molar-refractivity contribution is 5.76. The molecule has 2 aromatic rings. The molecule has 0 fully saturated rings. The van der Waals surface area contributed by atoms with Crippen LogP contribution in [0.25, 0.3) is 12.2 Å². The second-order valence-electron chi connectivity index (χ2n) is 3.95. The van der Waals surface area contributed by atoms with Crippen molar-refractivity contribution in [2.24, 2.45) is 0 Å². The maximum Gasteiger partial charge on any atom is 0.205 e. The minimum Gasteiger partial charge on any atom is -0.326 e. The summed E-state index contributed by atoms with van der Waals surface area (Å²) in [7, 11) is 0. The topological polar surface area (TPSA) is 57.8 Å². The quantitative estimate of drug-likeness (QED) is 0.784. The molecule has 1 aromatic heterocycles. The summed E-state index contributed by atoms with van der Waals surface area (Å²) in [6.45, 7) is 9.68. The second kappa shape index (κ2) is 8.53. The van der Waals surface area contributed by atoms with Crippen molar-refractivity contribution in [1.29, 1.82) is 0 Å². The summed E-state index contributed by atoms with van der Waals surface area (Å²) in [6.07, 6.45) is 6.39. The third-order valence-corrected chi connectivity index (χ3v) is 2.60. The van der Waals surface area contributed by atoms with Crippen LogP contribution in [-0.4, -0.2) is 16.3 Å². The summed E-state index contributed by atoms with van der Waals surface area (Å²) >= 11 is 0. The van der Waals surface area contributed by atoms with Crippen molar-refractivity contribution in [3.8, 4) is 0 Å². The number of carbonyl (C=O) groups excluding carboxylic acids is 1. The first kappa shape index (κ1) is 16.4. The number of nitrogens with zero attached hydrogens (tertiary/aromatic N) is 1. The van der Waals surface area contributed by atoms with E-state index in [2.05, 4.69) is 21.9 Å². The maximum atomic E-state index is 10.6. The zero-order valence-electron chi connectivity index (χ0n) is 12.7. The molecule has 0 saturated carbocycles. The van der Waals surface area contributed by atoms with E-state index >= 15 is 0 Å². The number of hydrogen-bond donors (Lipinski definition) is 2. The fourth-order valence-electron chi connectivity index (χ4n) is 1.69. The highest BCUT2D eigenvalue weighted by atomic mass is 16.1. The Morgan fingerprint density at radius 2 is 1.90 bits per heavy atom. The van der Waals surface area contributed by atoms with Gasteiger partial charge in [0.2, 0.25) is 5.95 Å². The Balaban J connectivity index is 0.00000106. The molecule has 0 bridgehead atoms. The molecule has 0 atom stereocenters. The molecule has 0 radical (unpaired) electrons. The lowest BCUT2D eigenvalue weighted by atomic mass is 10.2. The van der Waals surface area contributed by atoms with Gasteiger partial charge in [0.25, 0.3) is 0 Å². The van der Waals surface area contributed by atoms with E-state index in [4.69, 9.17) is 0 Å². The number of carbonyl (C=O) groups is 1. The Bertz CT molecular complexity index is 609. The molecule has 0 aliphatic carbocycles. The first-order chi connectivity index (χ1) is 10.3. The summed E-state index contributed by atoms with van der Waals surface area (Å²) in [5.74, 6) is 0.641. The molecule has 110 valence electrons. The molecule has 0 amide bonds. The molecule has 1 heterocycles. The number of aromatic amines is 1. The molecule has 0 unspecified atom stereocenters. The summed E-state index contributed by atoms with van der Waals surface area (Å²) in [6, 6.07) is 7.16. The van der Waals surface area contributed by atoms with E-state index in [0.29, 0.717) is 11.5 Å². The number of anilines is 2. The second-order valence-corrected chi connectivity index (χ2v) is 3.95. The van der Waals surface area contributed by atoms with E-state index in [1.807, 2.05) is 45.1 Å². The zero-order chi connectivity index (χ0) is 15.7. The smallest absolute Gasteiger partial charge is 0.205 e. The Morgan fingerprint density at radius 3 is 2.43 bits per heavy atom. The number of rotatable bonds is 5. The van der Waals surface area contributed by atoms with Crippen molar-refractivity contribution in [2.45, 2.75) is 20.8 Å². The monoisotopic (exact) mass is 283 g/mol. The molecule has 0 aliphatic heterocycles. The zero-order valence-corrected chi connectivity index (χ0v) is 12.7. The minimum absolute atomic E-state index is 0.641. The van der Waals surface area contributed by atoms with Gasteiger partial charge in [-0.1, -0.05) is 26.5 Å². The van der Waals surface area contributed by atoms with Gasteiger partial charge >= 0.3 is 0 Å². The van der Waals surface area contributed by atoms with Crippen LogP contribution in [0, 0.1) is 0 Å². The van der Waals surface area contributed by atoms with Crippen LogP contribution in [-0.2, 0) is 0 Å². The summed E-state index contributed by atoms with van der Waals surface area (Å²) in [5, 5.41) is 3.14. The molecule has 2 N–H and O–H groups in total. The Kier molecular flexibility index (Phi) is 6.68. The van der Waals surface area contributed by atoms with E-state index in [9.17, 15) is 4.79 Å². The van der Waals surface area contributed by atoms with Crippen LogP contribution in [0.5, 0.6) is 0 Å². The Morgan fingerprint density at radius 1 is 1.24 bits per heavy atom. The maximum absolute atomic E-state index is 10.6. The predicted molar refractivity (Wildman–Crippen MR) is 89.8 cm³/mol. The van der Waals surface area contributed by atoms with Crippen molar-refractivity contribution in [1.82, 2.24) is 9.97 Å². The van der Waals surface area contributed by atoms with Crippen LogP contribution >= 0.6 is 0 Å². The number of H-pyrrole nitrogens is 1. The Labute approximate surface area is 125 Å². The third kappa shape index (κ3) is 4.45. The molecule has 4 heteroatoms. The van der Waals surface area contributed by atoms with Gasteiger partial charge in [-0.25, -0.2) is 4.98 Å². The summed E-state index contributed by atoms with van der Waals surface area (Å²) in [5.41, 5.74) is 3.21. The first-order valence-corrected chi connectivity index (χ1v) is 6.94. The van der Waals surface area contributed by atoms with Crippen LogP contribution < -0.4 is 5.32 Å². The van der Waals surface area contributed by atoms with Gasteiger partial charge in [-0.3, -0.25) is 4.79 Å². The molecule has 0 saturated heterocycles. The van der Waals surface area contributed by atoms with Gasteiger partial charge in [0.1, 0.15) is 6.29 Å². The number of aldehydes is 1. The number of allylic oxidation sites excluding steroid dienone is 1. The summed E-state index contributed by atoms with van der Waals surface area (Å²) in [4.78, 5) is 18.1. The van der Waals surface area contributed by atoms with Gasteiger partial charge in [-0.2, -0.15) is 0 Å². The first-order valence-electron chi connectivity index (χ1n) is 6.94. The SMILES string of the molecule is C=Cc1nc(Nc2ccc(C=O)cc2)[nH]c1/C=C\C.CC. The van der Waals surface area contributed by atoms with Gasteiger partial charge < -0.3 is 10.3 Å². The molecular weight excluding hydrogens is 262 g/mol. The van der Waals surface area contributed by atoms with E-state index < -0.39 is 0 Å². The lowest BCUT2D eigenvalue weighted by Gasteiger charge is -2.02. The highest BCUT2D eigenvalue weighted by Crippen LogP contribution is 2.18. The normalized spacial score (nSPS) is 9.86. The van der Waals surface area contributed by atoms with Gasteiger partial charge in [-0.05, 0) is 43.3 Å². The van der Waals surface area contributed by atoms with Crippen LogP contribution in [0.15, 0.2) is 36.9 Å². The molecule has 0 spiro atoms. The van der Waals surface area contributed by atoms with E-state index in [1.54, 1.807) is 18.2 Å². The average Bonchev–Trinajstić information content (AvgIpc) is 2.92. The fourth-order valence-corrected chi connectivity index (χ4v) is 1.69. The van der Waals surface area contributed by atoms with Crippen LogP contribution in [0.3, 0.4) is 0 Å². The van der Waals surface area contributed by atoms with Crippen LogP contribution in [0.1, 0.15) is 42.5 Å². The third-order valence-electron chi connectivity index (χ3n) is 2.60. The Hall–Kier alpha value is -2.62. The lowest BCUT2D eigenvalue weighted by Crippen LogP contribution is -1.92. The lowest BCUT2D eigenvalue weighted by molar-refractivity contribution is 0.112. The molecule has 21 heavy (non-hydrogen) atoms. The number of hydrogen-bond acceptors (Lipinski definition) is 3. The van der Waals surface area contributed by atoms with Crippen molar-refractivity contribution in [3.63, 3.8) is 0 Å². The van der Waals surface area contributed by atoms with Gasteiger partial charge in [0.15, 0.2) is 0 Å². The van der Waals surface area contributed by atoms with Gasteiger partial charge in [0.05, 0.1) is 11.4 Å². The standard InChI is InChI=1S/C15H15N3O.C2H6/c1-3-5-14-13(4-2)17-15(18-14)16-12-8-6-11(10-19)7-9-12;1-2/h3-10H,2H2,1H3,(H2,16,17,18);1-2H3/b5-3-;. The van der Waals surface area contributed by atoms with Crippen molar-refractivity contribution >= 4 is 30.1 Å². The van der Waals surface area contributed by atoms with Gasteiger partial charge in [0, 0.05) is 11.3 Å². The van der Waals surface area contributed by atoms with Crippen molar-refractivity contribution in [2.75, 3.05) is 5.32 Å². The van der Waals surface area contributed by atoms with Crippen molar-refractivity contribution in [3.05, 3.63) is 53.9 Å². The van der Waals surface area contributed by atoms with Crippen LogP contribution in [0.2, 0.25) is 0 Å². The average molecular weight is 283 g/mol. The molecule has 0 aliphatic rings. The van der Waals surface area contributed by atoms with E-state index in [-0.39, 0.29) is 0 Å². The highest BCUT2D eigenvalue weighted by Gasteiger charge is 2.05. The molecular formula is C17H21N3O. The summed E-state index contributed by atoms with van der Waals surface area (Å²) < 4.78 is 0. The van der Waals surface area contributed by atoms with E-state index in [0.717, 1.165) is 23.4 Å².